The zero-order valence-electron chi connectivity index (χ0n) is 17.8. The van der Waals surface area contributed by atoms with E-state index in [1.807, 2.05) is 25.2 Å². The van der Waals surface area contributed by atoms with Crippen molar-refractivity contribution < 1.29 is 13.2 Å². The normalized spacial score (nSPS) is 20.5. The van der Waals surface area contributed by atoms with Gasteiger partial charge in [-0.05, 0) is 81.2 Å². The van der Waals surface area contributed by atoms with Gasteiger partial charge in [-0.1, -0.05) is 42.5 Å². The molecule has 1 aliphatic rings. The second-order valence-electron chi connectivity index (χ2n) is 8.33. The van der Waals surface area contributed by atoms with E-state index in [-0.39, 0.29) is 17.3 Å². The van der Waals surface area contributed by atoms with Gasteiger partial charge in [-0.25, -0.2) is 13.2 Å². The summed E-state index contributed by atoms with van der Waals surface area (Å²) in [5, 5.41) is 1.04. The quantitative estimate of drug-likeness (QED) is 0.380. The Morgan fingerprint density at radius 3 is 2.53 bits per heavy atom. The number of hydrogen-bond acceptors (Lipinski definition) is 0. The van der Waals surface area contributed by atoms with Crippen molar-refractivity contribution in [2.75, 3.05) is 0 Å². The summed E-state index contributed by atoms with van der Waals surface area (Å²) in [5.74, 6) is -1.50. The molecule has 2 aromatic rings. The summed E-state index contributed by atoms with van der Waals surface area (Å²) in [7, 11) is 0. The van der Waals surface area contributed by atoms with Crippen LogP contribution in [-0.2, 0) is 6.42 Å². The highest BCUT2D eigenvalue weighted by atomic mass is 19.2. The molecule has 0 amide bonds. The average molecular weight is 413 g/mol. The topological polar surface area (TPSA) is 0 Å². The largest absolute Gasteiger partial charge is 0.208 e. The van der Waals surface area contributed by atoms with Gasteiger partial charge in [0.2, 0.25) is 0 Å². The number of allylic oxidation sites excluding steroid dienone is 4. The first kappa shape index (κ1) is 22.4. The van der Waals surface area contributed by atoms with Crippen molar-refractivity contribution in [1.29, 1.82) is 0 Å². The lowest BCUT2D eigenvalue weighted by Gasteiger charge is -2.27. The highest BCUT2D eigenvalue weighted by Crippen LogP contribution is 2.39. The van der Waals surface area contributed by atoms with E-state index in [0.29, 0.717) is 41.5 Å². The van der Waals surface area contributed by atoms with Crippen molar-refractivity contribution in [2.45, 2.75) is 58.3 Å². The number of rotatable bonds is 8. The molecule has 3 rings (SSSR count). The first-order valence-corrected chi connectivity index (χ1v) is 11.0. The van der Waals surface area contributed by atoms with Crippen molar-refractivity contribution in [3.63, 3.8) is 0 Å². The maximum absolute atomic E-state index is 14.9. The van der Waals surface area contributed by atoms with Crippen LogP contribution in [0, 0.1) is 17.7 Å². The lowest BCUT2D eigenvalue weighted by molar-refractivity contribution is 0.263. The van der Waals surface area contributed by atoms with Crippen LogP contribution >= 0.6 is 0 Å². The Balaban J connectivity index is 1.76. The van der Waals surface area contributed by atoms with Crippen molar-refractivity contribution >= 4 is 16.6 Å². The van der Waals surface area contributed by atoms with E-state index in [9.17, 15) is 13.2 Å². The monoisotopic (exact) mass is 412 g/mol. The van der Waals surface area contributed by atoms with Crippen LogP contribution in [0.15, 0.2) is 61.0 Å². The molecular formula is C27H31F3. The van der Waals surface area contributed by atoms with Crippen LogP contribution in [0.3, 0.4) is 0 Å². The van der Waals surface area contributed by atoms with E-state index in [4.69, 9.17) is 0 Å². The standard InChI is InChI=1S/C27H31F3/c1-3-5-7-9-20-14-15-22-18-23(16-17-24(22)25(20)28)27(30)26(29)21-12-10-19(11-13-21)8-6-4-2/h3-5,14-19,21H,2,6-13H2,1H3/b5-3+,27-26?. The van der Waals surface area contributed by atoms with Crippen molar-refractivity contribution in [2.24, 2.45) is 11.8 Å². The van der Waals surface area contributed by atoms with Gasteiger partial charge in [0.05, 0.1) is 0 Å². The molecule has 0 N–H and O–H groups in total. The van der Waals surface area contributed by atoms with Gasteiger partial charge in [-0.3, -0.25) is 0 Å². The van der Waals surface area contributed by atoms with Gasteiger partial charge in [0.1, 0.15) is 11.6 Å². The number of hydrogen-bond donors (Lipinski definition) is 0. The molecule has 30 heavy (non-hydrogen) atoms. The molecule has 0 heterocycles. The fraction of sp³-hybridized carbons (Fsp3) is 0.407. The van der Waals surface area contributed by atoms with Crippen LogP contribution in [0.5, 0.6) is 0 Å². The third kappa shape index (κ3) is 5.24. The highest BCUT2D eigenvalue weighted by Gasteiger charge is 2.26. The summed E-state index contributed by atoms with van der Waals surface area (Å²) in [6.45, 7) is 5.69. The molecule has 0 spiro atoms. The van der Waals surface area contributed by atoms with E-state index in [0.717, 1.165) is 32.1 Å². The minimum Gasteiger partial charge on any atom is -0.208 e. The Morgan fingerprint density at radius 1 is 1.07 bits per heavy atom. The van der Waals surface area contributed by atoms with E-state index in [2.05, 4.69) is 6.58 Å². The summed E-state index contributed by atoms with van der Waals surface area (Å²) in [5.41, 5.74) is 0.832. The van der Waals surface area contributed by atoms with Crippen LogP contribution in [0.1, 0.15) is 63.0 Å². The molecule has 2 aromatic carbocycles. The van der Waals surface area contributed by atoms with Crippen LogP contribution in [0.2, 0.25) is 0 Å². The molecule has 0 atom stereocenters. The van der Waals surface area contributed by atoms with Gasteiger partial charge in [-0.2, -0.15) is 0 Å². The fourth-order valence-corrected chi connectivity index (χ4v) is 4.45. The molecule has 0 saturated heterocycles. The molecule has 0 radical (unpaired) electrons. The van der Waals surface area contributed by atoms with Crippen LogP contribution in [-0.4, -0.2) is 0 Å². The third-order valence-electron chi connectivity index (χ3n) is 6.30. The predicted molar refractivity (Wildman–Crippen MR) is 121 cm³/mol. The summed E-state index contributed by atoms with van der Waals surface area (Å²) >= 11 is 0. The number of fused-ring (bicyclic) bond motifs is 1. The van der Waals surface area contributed by atoms with Gasteiger partial charge in [-0.15, -0.1) is 6.58 Å². The first-order valence-electron chi connectivity index (χ1n) is 11.0. The summed E-state index contributed by atoms with van der Waals surface area (Å²) < 4.78 is 44.6. The Bertz CT molecular complexity index is 931. The maximum atomic E-state index is 14.9. The minimum absolute atomic E-state index is 0.190. The summed E-state index contributed by atoms with van der Waals surface area (Å²) in [6.07, 6.45) is 12.5. The van der Waals surface area contributed by atoms with Gasteiger partial charge in [0.25, 0.3) is 0 Å². The first-order chi connectivity index (χ1) is 14.5. The van der Waals surface area contributed by atoms with Crippen molar-refractivity contribution in [3.8, 4) is 0 Å². The van der Waals surface area contributed by atoms with E-state index >= 15 is 0 Å². The van der Waals surface area contributed by atoms with Crippen LogP contribution in [0.25, 0.3) is 16.6 Å². The van der Waals surface area contributed by atoms with Crippen LogP contribution in [0.4, 0.5) is 13.2 Å². The lowest BCUT2D eigenvalue weighted by atomic mass is 9.79. The average Bonchev–Trinajstić information content (AvgIpc) is 2.78. The molecule has 0 nitrogen and oxygen atoms in total. The number of halogens is 3. The van der Waals surface area contributed by atoms with E-state index in [1.54, 1.807) is 24.3 Å². The minimum atomic E-state index is -0.802. The summed E-state index contributed by atoms with van der Waals surface area (Å²) in [6, 6.07) is 8.15. The Hall–Kier alpha value is -2.29. The second-order valence-corrected chi connectivity index (χ2v) is 8.33. The van der Waals surface area contributed by atoms with E-state index in [1.165, 1.54) is 6.07 Å². The van der Waals surface area contributed by atoms with E-state index < -0.39 is 11.7 Å². The van der Waals surface area contributed by atoms with Crippen molar-refractivity contribution in [3.05, 3.63) is 77.9 Å². The molecule has 0 bridgehead atoms. The molecule has 3 heteroatoms. The maximum Gasteiger partial charge on any atom is 0.162 e. The zero-order chi connectivity index (χ0) is 21.5. The fourth-order valence-electron chi connectivity index (χ4n) is 4.45. The molecule has 1 fully saturated rings. The van der Waals surface area contributed by atoms with Gasteiger partial charge in [0, 0.05) is 16.9 Å². The highest BCUT2D eigenvalue weighted by molar-refractivity contribution is 5.87. The van der Waals surface area contributed by atoms with Gasteiger partial charge in [0.15, 0.2) is 5.83 Å². The summed E-state index contributed by atoms with van der Waals surface area (Å²) in [4.78, 5) is 0. The van der Waals surface area contributed by atoms with Gasteiger partial charge < -0.3 is 0 Å². The van der Waals surface area contributed by atoms with Crippen molar-refractivity contribution in [1.82, 2.24) is 0 Å². The Kier molecular flexibility index (Phi) is 7.95. The van der Waals surface area contributed by atoms with Crippen LogP contribution < -0.4 is 0 Å². The SMILES string of the molecule is C=CCCC1CCC(C(F)=C(F)c2ccc3c(F)c(CC/C=C/C)ccc3c2)CC1. The third-order valence-corrected chi connectivity index (χ3v) is 6.30. The molecule has 1 saturated carbocycles. The number of aryl methyl sites for hydroxylation is 1. The number of benzene rings is 2. The Labute approximate surface area is 178 Å². The molecule has 0 unspecified atom stereocenters. The Morgan fingerprint density at radius 2 is 1.83 bits per heavy atom. The zero-order valence-corrected chi connectivity index (χ0v) is 17.8. The molecular weight excluding hydrogens is 381 g/mol. The predicted octanol–water partition coefficient (Wildman–Crippen LogP) is 8.87. The molecule has 0 aromatic heterocycles. The molecule has 1 aliphatic carbocycles. The second kappa shape index (κ2) is 10.7. The molecule has 160 valence electrons. The lowest BCUT2D eigenvalue weighted by Crippen LogP contribution is -2.15. The molecule has 0 aliphatic heterocycles. The smallest absolute Gasteiger partial charge is 0.162 e. The van der Waals surface area contributed by atoms with Gasteiger partial charge >= 0.3 is 0 Å².